The molecular weight excluding hydrogens is 378 g/mol. The van der Waals surface area contributed by atoms with E-state index in [1.807, 2.05) is 6.20 Å². The van der Waals surface area contributed by atoms with Crippen LogP contribution in [-0.2, 0) is 12.8 Å². The maximum Gasteiger partial charge on any atom is 0.147 e. The van der Waals surface area contributed by atoms with E-state index in [1.165, 1.54) is 32.8 Å². The van der Waals surface area contributed by atoms with Crippen LogP contribution >= 0.6 is 0 Å². The van der Waals surface area contributed by atoms with E-state index in [9.17, 15) is 0 Å². The van der Waals surface area contributed by atoms with Crippen molar-refractivity contribution in [1.82, 2.24) is 14.4 Å². The van der Waals surface area contributed by atoms with Gasteiger partial charge in [0.25, 0.3) is 0 Å². The van der Waals surface area contributed by atoms with Crippen molar-refractivity contribution in [2.75, 3.05) is 0 Å². The number of nitrogens with zero attached hydrogens (tertiary/aromatic N) is 3. The maximum absolute atomic E-state index is 5.18. The first-order chi connectivity index (χ1) is 15.3. The summed E-state index contributed by atoms with van der Waals surface area (Å²) in [6.07, 6.45) is 6.13. The summed E-state index contributed by atoms with van der Waals surface area (Å²) in [5, 5.41) is 5.93. The average Bonchev–Trinajstić information content (AvgIpc) is 3.28. The molecule has 0 saturated carbocycles. The molecule has 0 fully saturated rings. The molecule has 31 heavy (non-hydrogen) atoms. The quantitative estimate of drug-likeness (QED) is 0.299. The van der Waals surface area contributed by atoms with Crippen LogP contribution in [0.2, 0.25) is 0 Å². The average molecular weight is 402 g/mol. The Kier molecular flexibility index (Phi) is 4.03. The summed E-state index contributed by atoms with van der Waals surface area (Å²) in [4.78, 5) is 10.1. The minimum atomic E-state index is 0.957. The highest BCUT2D eigenvalue weighted by molar-refractivity contribution is 6.20. The predicted octanol–water partition coefficient (Wildman–Crippen LogP) is 6.98. The van der Waals surface area contributed by atoms with E-state index >= 15 is 0 Å². The van der Waals surface area contributed by atoms with Gasteiger partial charge in [0, 0.05) is 34.1 Å². The molecule has 0 aliphatic carbocycles. The lowest BCUT2D eigenvalue weighted by Crippen LogP contribution is -1.94. The van der Waals surface area contributed by atoms with Crippen molar-refractivity contribution >= 4 is 38.2 Å². The zero-order chi connectivity index (χ0) is 20.9. The Bertz CT molecular complexity index is 1590. The Morgan fingerprint density at radius 3 is 2.13 bits per heavy atom. The van der Waals surface area contributed by atoms with Crippen LogP contribution in [0.15, 0.2) is 79.1 Å². The van der Waals surface area contributed by atoms with Crippen molar-refractivity contribution in [2.45, 2.75) is 26.7 Å². The maximum atomic E-state index is 5.18. The highest BCUT2D eigenvalue weighted by atomic mass is 15.0. The van der Waals surface area contributed by atoms with E-state index in [1.54, 1.807) is 0 Å². The molecule has 0 amide bonds. The minimum absolute atomic E-state index is 0.957. The van der Waals surface area contributed by atoms with E-state index in [2.05, 4.69) is 91.2 Å². The fraction of sp³-hybridized carbons (Fsp3) is 0.143. The second kappa shape index (κ2) is 6.92. The molecule has 0 radical (unpaired) electrons. The summed E-state index contributed by atoms with van der Waals surface area (Å²) in [5.74, 6) is 0. The lowest BCUT2D eigenvalue weighted by Gasteiger charge is -2.10. The van der Waals surface area contributed by atoms with Gasteiger partial charge in [-0.1, -0.05) is 80.6 Å². The third kappa shape index (κ3) is 2.59. The number of aromatic nitrogens is 3. The van der Waals surface area contributed by atoms with Crippen LogP contribution in [0.4, 0.5) is 0 Å². The molecule has 0 atom stereocenters. The standard InChI is InChI=1S/C28H23N3/c1-3-18-11-9-12-19(4-2)25(18)24-17-31-27(30-24)23-15-8-7-14-22(23)26-21-13-6-5-10-20(21)16-29-28(26)31/h5-17H,3-4H2,1-2H3. The molecule has 0 aliphatic rings. The molecule has 150 valence electrons. The number of benzene rings is 3. The summed E-state index contributed by atoms with van der Waals surface area (Å²) in [6, 6.07) is 23.7. The molecule has 6 rings (SSSR count). The molecule has 6 aromatic rings. The summed E-state index contributed by atoms with van der Waals surface area (Å²) in [6.45, 7) is 4.43. The normalized spacial score (nSPS) is 11.8. The number of aryl methyl sites for hydroxylation is 2. The predicted molar refractivity (Wildman–Crippen MR) is 130 cm³/mol. The monoisotopic (exact) mass is 401 g/mol. The number of fused-ring (bicyclic) bond motifs is 8. The minimum Gasteiger partial charge on any atom is -0.283 e. The first-order valence-electron chi connectivity index (χ1n) is 11.0. The highest BCUT2D eigenvalue weighted by Gasteiger charge is 2.17. The first-order valence-corrected chi connectivity index (χ1v) is 11.0. The zero-order valence-electron chi connectivity index (χ0n) is 17.8. The van der Waals surface area contributed by atoms with E-state index in [-0.39, 0.29) is 0 Å². The first kappa shape index (κ1) is 18.1. The zero-order valence-corrected chi connectivity index (χ0v) is 17.8. The second-order valence-electron chi connectivity index (χ2n) is 8.07. The summed E-state index contributed by atoms with van der Waals surface area (Å²) in [5.41, 5.74) is 6.91. The molecule has 0 aliphatic heterocycles. The van der Waals surface area contributed by atoms with Crippen LogP contribution in [0.25, 0.3) is 49.5 Å². The van der Waals surface area contributed by atoms with Crippen LogP contribution in [0, 0.1) is 0 Å². The van der Waals surface area contributed by atoms with Crippen LogP contribution in [-0.4, -0.2) is 14.4 Å². The molecule has 0 unspecified atom stereocenters. The Balaban J connectivity index is 1.81. The molecule has 3 aromatic carbocycles. The Morgan fingerprint density at radius 2 is 1.39 bits per heavy atom. The van der Waals surface area contributed by atoms with Gasteiger partial charge in [-0.2, -0.15) is 0 Å². The SMILES string of the molecule is CCc1cccc(CC)c1-c1cn2c(n1)c1ccccc1c1c3ccccc3cnc12. The van der Waals surface area contributed by atoms with Crippen LogP contribution in [0.1, 0.15) is 25.0 Å². The van der Waals surface area contributed by atoms with Gasteiger partial charge in [0.05, 0.1) is 5.69 Å². The molecule has 3 aromatic heterocycles. The largest absolute Gasteiger partial charge is 0.283 e. The van der Waals surface area contributed by atoms with Gasteiger partial charge in [0.15, 0.2) is 0 Å². The Hall–Kier alpha value is -3.72. The van der Waals surface area contributed by atoms with Gasteiger partial charge < -0.3 is 0 Å². The van der Waals surface area contributed by atoms with Gasteiger partial charge in [-0.25, -0.2) is 9.97 Å². The van der Waals surface area contributed by atoms with Crippen LogP contribution < -0.4 is 0 Å². The second-order valence-corrected chi connectivity index (χ2v) is 8.07. The lowest BCUT2D eigenvalue weighted by atomic mass is 9.95. The van der Waals surface area contributed by atoms with E-state index in [4.69, 9.17) is 9.97 Å². The highest BCUT2D eigenvalue weighted by Crippen LogP contribution is 2.36. The molecular formula is C28H23N3. The van der Waals surface area contributed by atoms with Crippen molar-refractivity contribution in [3.8, 4) is 11.3 Å². The molecule has 0 bridgehead atoms. The van der Waals surface area contributed by atoms with Gasteiger partial charge in [-0.05, 0) is 34.7 Å². The van der Waals surface area contributed by atoms with Gasteiger partial charge in [0.2, 0.25) is 0 Å². The van der Waals surface area contributed by atoms with Crippen LogP contribution in [0.5, 0.6) is 0 Å². The fourth-order valence-corrected chi connectivity index (χ4v) is 4.92. The Labute approximate surface area is 181 Å². The number of hydrogen-bond donors (Lipinski definition) is 0. The third-order valence-electron chi connectivity index (χ3n) is 6.41. The number of rotatable bonds is 3. The van der Waals surface area contributed by atoms with Gasteiger partial charge in [0.1, 0.15) is 11.3 Å². The van der Waals surface area contributed by atoms with Crippen molar-refractivity contribution in [1.29, 1.82) is 0 Å². The lowest BCUT2D eigenvalue weighted by molar-refractivity contribution is 1.09. The van der Waals surface area contributed by atoms with Crippen molar-refractivity contribution in [2.24, 2.45) is 0 Å². The van der Waals surface area contributed by atoms with Gasteiger partial charge in [-0.3, -0.25) is 4.40 Å². The van der Waals surface area contributed by atoms with Crippen LogP contribution in [0.3, 0.4) is 0 Å². The Morgan fingerprint density at radius 1 is 0.710 bits per heavy atom. The number of hydrogen-bond acceptors (Lipinski definition) is 2. The molecule has 3 heterocycles. The van der Waals surface area contributed by atoms with Crippen molar-refractivity contribution in [3.63, 3.8) is 0 Å². The van der Waals surface area contributed by atoms with Gasteiger partial charge in [-0.15, -0.1) is 0 Å². The topological polar surface area (TPSA) is 30.2 Å². The van der Waals surface area contributed by atoms with E-state index in [0.717, 1.165) is 40.6 Å². The molecule has 3 heteroatoms. The van der Waals surface area contributed by atoms with E-state index < -0.39 is 0 Å². The molecule has 3 nitrogen and oxygen atoms in total. The summed E-state index contributed by atoms with van der Waals surface area (Å²) >= 11 is 0. The fourth-order valence-electron chi connectivity index (χ4n) is 4.92. The van der Waals surface area contributed by atoms with E-state index in [0.29, 0.717) is 0 Å². The smallest absolute Gasteiger partial charge is 0.147 e. The summed E-state index contributed by atoms with van der Waals surface area (Å²) in [7, 11) is 0. The number of imidazole rings is 1. The molecule has 0 spiro atoms. The third-order valence-corrected chi connectivity index (χ3v) is 6.41. The summed E-state index contributed by atoms with van der Waals surface area (Å²) < 4.78 is 2.19. The van der Waals surface area contributed by atoms with Crippen molar-refractivity contribution in [3.05, 3.63) is 90.3 Å². The van der Waals surface area contributed by atoms with Crippen molar-refractivity contribution < 1.29 is 0 Å². The van der Waals surface area contributed by atoms with Gasteiger partial charge >= 0.3 is 0 Å². The number of pyridine rings is 2. The molecule has 0 N–H and O–H groups in total. The molecule has 0 saturated heterocycles.